The third-order valence-corrected chi connectivity index (χ3v) is 5.39. The number of hydrogen-bond donors (Lipinski definition) is 3. The van der Waals surface area contributed by atoms with E-state index < -0.39 is 11.7 Å². The van der Waals surface area contributed by atoms with Crippen molar-refractivity contribution in [3.63, 3.8) is 0 Å². The van der Waals surface area contributed by atoms with E-state index in [1.54, 1.807) is 12.1 Å². The Bertz CT molecular complexity index is 1130. The van der Waals surface area contributed by atoms with Gasteiger partial charge in [0.25, 0.3) is 5.91 Å². The number of carbonyl (C=O) groups excluding carboxylic acids is 1. The number of amides is 1. The first-order valence-electron chi connectivity index (χ1n) is 10.4. The molecule has 1 aromatic carbocycles. The van der Waals surface area contributed by atoms with Gasteiger partial charge in [-0.3, -0.25) is 9.79 Å². The molecule has 1 amide bonds. The zero-order valence-electron chi connectivity index (χ0n) is 17.7. The van der Waals surface area contributed by atoms with Gasteiger partial charge in [0.05, 0.1) is 0 Å². The van der Waals surface area contributed by atoms with Gasteiger partial charge in [0.1, 0.15) is 29.3 Å². The minimum atomic E-state index is -0.444. The van der Waals surface area contributed by atoms with Crippen LogP contribution in [0.1, 0.15) is 48.7 Å². The second-order valence-electron chi connectivity index (χ2n) is 7.57. The molecule has 10 heteroatoms. The van der Waals surface area contributed by atoms with E-state index in [0.717, 1.165) is 31.5 Å². The molecule has 2 heterocycles. The Morgan fingerprint density at radius 2 is 2.16 bits per heavy atom. The monoisotopic (exact) mass is 437 g/mol. The van der Waals surface area contributed by atoms with E-state index in [0.29, 0.717) is 34.5 Å². The lowest BCUT2D eigenvalue weighted by Gasteiger charge is -2.10. The number of anilines is 2. The Hall–Kier alpha value is -3.82. The molecule has 1 aliphatic rings. The highest BCUT2D eigenvalue weighted by atomic mass is 19.1. The number of aromatic nitrogens is 3. The van der Waals surface area contributed by atoms with E-state index in [1.165, 1.54) is 25.4 Å². The average molecular weight is 437 g/mol. The van der Waals surface area contributed by atoms with Crippen molar-refractivity contribution in [1.82, 2.24) is 20.4 Å². The number of aromatic amines is 1. The zero-order valence-corrected chi connectivity index (χ0v) is 17.7. The van der Waals surface area contributed by atoms with Crippen molar-refractivity contribution in [2.45, 2.75) is 38.1 Å². The van der Waals surface area contributed by atoms with Gasteiger partial charge in [-0.15, -0.1) is 0 Å². The van der Waals surface area contributed by atoms with Crippen LogP contribution < -0.4 is 10.6 Å². The van der Waals surface area contributed by atoms with Gasteiger partial charge in [-0.25, -0.2) is 14.4 Å². The summed E-state index contributed by atoms with van der Waals surface area (Å²) in [6.45, 7) is 3.67. The molecule has 2 aromatic heterocycles. The number of nitrogens with one attached hydrogen (secondary N) is 3. The van der Waals surface area contributed by atoms with Crippen LogP contribution in [0.3, 0.4) is 0 Å². The number of aliphatic imine (C=N–C) groups is 2. The number of nitrogens with zero attached hydrogens (tertiary/aromatic N) is 4. The molecular weight excluding hydrogens is 413 g/mol. The summed E-state index contributed by atoms with van der Waals surface area (Å²) in [4.78, 5) is 28.7. The molecule has 1 aliphatic carbocycles. The van der Waals surface area contributed by atoms with Gasteiger partial charge in [-0.2, -0.15) is 0 Å². The minimum absolute atomic E-state index is 0.101. The second-order valence-corrected chi connectivity index (χ2v) is 7.57. The van der Waals surface area contributed by atoms with Crippen molar-refractivity contribution in [2.24, 2.45) is 9.98 Å². The Morgan fingerprint density at radius 3 is 2.84 bits per heavy atom. The smallest absolute Gasteiger partial charge is 0.272 e. The van der Waals surface area contributed by atoms with E-state index in [9.17, 15) is 9.18 Å². The van der Waals surface area contributed by atoms with E-state index in [4.69, 9.17) is 4.52 Å². The van der Waals surface area contributed by atoms with Crippen LogP contribution in [-0.2, 0) is 11.3 Å². The molecule has 0 aliphatic heterocycles. The quantitative estimate of drug-likeness (QED) is 0.460. The van der Waals surface area contributed by atoms with Crippen molar-refractivity contribution < 1.29 is 13.7 Å². The fourth-order valence-electron chi connectivity index (χ4n) is 3.90. The summed E-state index contributed by atoms with van der Waals surface area (Å²) < 4.78 is 18.8. The summed E-state index contributed by atoms with van der Waals surface area (Å²) in [5, 5.41) is 9.47. The minimum Gasteiger partial charge on any atom is -0.363 e. The highest BCUT2D eigenvalue weighted by molar-refractivity contribution is 6.45. The number of H-pyrrole nitrogens is 1. The van der Waals surface area contributed by atoms with E-state index in [-0.39, 0.29) is 12.3 Å². The van der Waals surface area contributed by atoms with Crippen molar-refractivity contribution in [3.05, 3.63) is 53.4 Å². The molecule has 0 bridgehead atoms. The average Bonchev–Trinajstić information content (AvgIpc) is 3.54. The van der Waals surface area contributed by atoms with Crippen molar-refractivity contribution in [2.75, 3.05) is 12.4 Å². The second kappa shape index (κ2) is 9.54. The predicted molar refractivity (Wildman–Crippen MR) is 119 cm³/mol. The standard InChI is InChI=1S/C22H24FN7O2/c1-24-19(18-21(25-2)29-20(28-18)14-5-3-4-6-14)22(31)26-12-13-9-15(23)11-16(10-13)27-17-7-8-32-30-17/h7-11,14H,2-6,12H2,1H3,(H,26,31)(H,27,30)(H,28,29)/b24-19+. The maximum Gasteiger partial charge on any atom is 0.272 e. The molecule has 9 nitrogen and oxygen atoms in total. The van der Waals surface area contributed by atoms with Gasteiger partial charge in [-0.05, 0) is 43.3 Å². The van der Waals surface area contributed by atoms with Gasteiger partial charge >= 0.3 is 0 Å². The Balaban J connectivity index is 1.47. The normalized spacial score (nSPS) is 14.5. The molecule has 0 spiro atoms. The SMILES string of the molecule is C=Nc1nc(C2CCCC2)[nH]c1/C(=N\C)C(=O)NCc1cc(F)cc(Nc2ccon2)c1. The topological polar surface area (TPSA) is 121 Å². The summed E-state index contributed by atoms with van der Waals surface area (Å²) in [6.07, 6.45) is 5.84. The predicted octanol–water partition coefficient (Wildman–Crippen LogP) is 4.01. The number of imidazole rings is 1. The van der Waals surface area contributed by atoms with Gasteiger partial charge in [-0.1, -0.05) is 18.0 Å². The zero-order chi connectivity index (χ0) is 22.5. The van der Waals surface area contributed by atoms with Crippen LogP contribution in [0.2, 0.25) is 0 Å². The van der Waals surface area contributed by atoms with Crippen LogP contribution in [0, 0.1) is 5.82 Å². The largest absolute Gasteiger partial charge is 0.363 e. The molecule has 3 aromatic rings. The number of carbonyl (C=O) groups is 1. The molecule has 32 heavy (non-hydrogen) atoms. The first kappa shape index (κ1) is 21.4. The van der Waals surface area contributed by atoms with Gasteiger partial charge < -0.3 is 20.1 Å². The molecule has 0 unspecified atom stereocenters. The van der Waals surface area contributed by atoms with Crippen LogP contribution in [0.5, 0.6) is 0 Å². The van der Waals surface area contributed by atoms with Crippen LogP contribution in [0.15, 0.2) is 45.0 Å². The lowest BCUT2D eigenvalue weighted by molar-refractivity contribution is -0.114. The van der Waals surface area contributed by atoms with Crippen LogP contribution in [0.25, 0.3) is 0 Å². The van der Waals surface area contributed by atoms with Crippen LogP contribution in [-0.4, -0.2) is 40.5 Å². The van der Waals surface area contributed by atoms with Crippen LogP contribution >= 0.6 is 0 Å². The summed E-state index contributed by atoms with van der Waals surface area (Å²) in [7, 11) is 1.53. The highest BCUT2D eigenvalue weighted by Crippen LogP contribution is 2.34. The molecule has 166 valence electrons. The van der Waals surface area contributed by atoms with Crippen molar-refractivity contribution in [1.29, 1.82) is 0 Å². The van der Waals surface area contributed by atoms with E-state index in [1.807, 2.05) is 0 Å². The Morgan fingerprint density at radius 1 is 1.34 bits per heavy atom. The summed E-state index contributed by atoms with van der Waals surface area (Å²) in [5.74, 6) is 1.07. The summed E-state index contributed by atoms with van der Waals surface area (Å²) in [6, 6.07) is 6.01. The van der Waals surface area contributed by atoms with Gasteiger partial charge in [0.15, 0.2) is 11.6 Å². The fourth-order valence-corrected chi connectivity index (χ4v) is 3.90. The Labute approximate surface area is 184 Å². The summed E-state index contributed by atoms with van der Waals surface area (Å²) >= 11 is 0. The number of rotatable bonds is 8. The van der Waals surface area contributed by atoms with E-state index >= 15 is 0 Å². The van der Waals surface area contributed by atoms with Crippen LogP contribution in [0.4, 0.5) is 21.7 Å². The molecule has 3 N–H and O–H groups in total. The molecule has 0 atom stereocenters. The molecule has 4 rings (SSSR count). The number of halogens is 1. The fraction of sp³-hybridized carbons (Fsp3) is 0.318. The molecule has 1 saturated carbocycles. The first-order chi connectivity index (χ1) is 15.6. The maximum atomic E-state index is 14.1. The van der Waals surface area contributed by atoms with Gasteiger partial charge in [0.2, 0.25) is 0 Å². The molecule has 1 fully saturated rings. The Kier molecular flexibility index (Phi) is 6.39. The highest BCUT2D eigenvalue weighted by Gasteiger charge is 2.25. The third kappa shape index (κ3) is 4.74. The molecule has 0 radical (unpaired) electrons. The number of benzene rings is 1. The summed E-state index contributed by atoms with van der Waals surface area (Å²) in [5.41, 5.74) is 1.66. The maximum absolute atomic E-state index is 14.1. The van der Waals surface area contributed by atoms with Gasteiger partial charge in [0, 0.05) is 31.3 Å². The lowest BCUT2D eigenvalue weighted by atomic mass is 10.1. The number of hydrogen-bond acceptors (Lipinski definition) is 7. The molecule has 0 saturated heterocycles. The third-order valence-electron chi connectivity index (χ3n) is 5.39. The lowest BCUT2D eigenvalue weighted by Crippen LogP contribution is -2.31. The van der Waals surface area contributed by atoms with Crippen molar-refractivity contribution >= 4 is 35.7 Å². The van der Waals surface area contributed by atoms with Crippen molar-refractivity contribution in [3.8, 4) is 0 Å². The molecular formula is C22H24FN7O2. The van der Waals surface area contributed by atoms with E-state index in [2.05, 4.69) is 42.5 Å². The first-order valence-corrected chi connectivity index (χ1v) is 10.4.